The Morgan fingerprint density at radius 3 is 2.74 bits per heavy atom. The molecule has 3 atom stereocenters. The predicted octanol–water partition coefficient (Wildman–Crippen LogP) is 2.95. The molecule has 2 N–H and O–H groups in total. The Labute approximate surface area is 120 Å². The molecule has 3 unspecified atom stereocenters. The van der Waals surface area contributed by atoms with E-state index < -0.39 is 0 Å². The molecular formula is C15H26N2OS. The van der Waals surface area contributed by atoms with Crippen molar-refractivity contribution in [1.29, 1.82) is 0 Å². The molecule has 1 aromatic rings. The number of nitrogens with zero attached hydrogens (tertiary/aromatic N) is 1. The minimum Gasteiger partial charge on any atom is -0.377 e. The van der Waals surface area contributed by atoms with E-state index in [9.17, 15) is 0 Å². The lowest BCUT2D eigenvalue weighted by atomic mass is 9.92. The number of ether oxygens (including phenoxy) is 1. The van der Waals surface area contributed by atoms with Crippen molar-refractivity contribution in [2.75, 3.05) is 20.2 Å². The van der Waals surface area contributed by atoms with Crippen molar-refractivity contribution in [2.45, 2.75) is 51.3 Å². The molecule has 108 valence electrons. The Kier molecular flexibility index (Phi) is 4.66. The van der Waals surface area contributed by atoms with E-state index in [1.807, 2.05) is 18.4 Å². The highest BCUT2D eigenvalue weighted by Crippen LogP contribution is 2.34. The first-order valence-electron chi connectivity index (χ1n) is 7.06. The quantitative estimate of drug-likeness (QED) is 0.923. The lowest BCUT2D eigenvalue weighted by molar-refractivity contribution is -0.0633. The van der Waals surface area contributed by atoms with Crippen LogP contribution in [-0.4, -0.2) is 36.7 Å². The Bertz CT molecular complexity index is 418. The zero-order valence-electron chi connectivity index (χ0n) is 12.5. The van der Waals surface area contributed by atoms with Crippen molar-refractivity contribution < 1.29 is 4.74 Å². The standard InChI is InChI=1S/C15H26N2OS/c1-11-6-7-13(19-11)14(12(2)16)17-9-5-8-15(3,10-17)18-4/h6-7,12,14H,5,8-10,16H2,1-4H3. The third-order valence-electron chi connectivity index (χ3n) is 4.13. The van der Waals surface area contributed by atoms with Crippen LogP contribution in [0.5, 0.6) is 0 Å². The summed E-state index contributed by atoms with van der Waals surface area (Å²) in [5.74, 6) is 0. The molecule has 1 aliphatic heterocycles. The van der Waals surface area contributed by atoms with Gasteiger partial charge in [-0.3, -0.25) is 4.90 Å². The van der Waals surface area contributed by atoms with Crippen molar-refractivity contribution in [3.8, 4) is 0 Å². The minimum absolute atomic E-state index is 0.0301. The van der Waals surface area contributed by atoms with E-state index in [0.717, 1.165) is 19.5 Å². The maximum Gasteiger partial charge on any atom is 0.0777 e. The third-order valence-corrected chi connectivity index (χ3v) is 5.20. The highest BCUT2D eigenvalue weighted by molar-refractivity contribution is 7.12. The molecule has 1 aromatic heterocycles. The van der Waals surface area contributed by atoms with Crippen LogP contribution in [0.1, 0.15) is 42.5 Å². The Balaban J connectivity index is 2.20. The van der Waals surface area contributed by atoms with E-state index in [-0.39, 0.29) is 11.6 Å². The summed E-state index contributed by atoms with van der Waals surface area (Å²) < 4.78 is 5.70. The van der Waals surface area contributed by atoms with Crippen molar-refractivity contribution in [1.82, 2.24) is 4.90 Å². The topological polar surface area (TPSA) is 38.5 Å². The monoisotopic (exact) mass is 282 g/mol. The van der Waals surface area contributed by atoms with Crippen molar-refractivity contribution in [3.63, 3.8) is 0 Å². The zero-order valence-corrected chi connectivity index (χ0v) is 13.3. The van der Waals surface area contributed by atoms with Gasteiger partial charge in [0, 0.05) is 29.5 Å². The van der Waals surface area contributed by atoms with Crippen LogP contribution in [0.3, 0.4) is 0 Å². The molecule has 0 aromatic carbocycles. The molecule has 0 aliphatic carbocycles. The summed E-state index contributed by atoms with van der Waals surface area (Å²) in [5.41, 5.74) is 6.23. The molecule has 0 saturated carbocycles. The van der Waals surface area contributed by atoms with Gasteiger partial charge in [0.15, 0.2) is 0 Å². The van der Waals surface area contributed by atoms with Crippen LogP contribution in [0.4, 0.5) is 0 Å². The van der Waals surface area contributed by atoms with Crippen LogP contribution in [0.15, 0.2) is 12.1 Å². The van der Waals surface area contributed by atoms with E-state index in [4.69, 9.17) is 10.5 Å². The summed E-state index contributed by atoms with van der Waals surface area (Å²) in [6.45, 7) is 8.55. The molecule has 0 amide bonds. The van der Waals surface area contributed by atoms with Crippen LogP contribution >= 0.6 is 11.3 Å². The Hall–Kier alpha value is -0.420. The average Bonchev–Trinajstić information content (AvgIpc) is 2.75. The van der Waals surface area contributed by atoms with E-state index in [2.05, 4.69) is 37.8 Å². The summed E-state index contributed by atoms with van der Waals surface area (Å²) in [7, 11) is 1.82. The number of nitrogens with two attached hydrogens (primary N) is 1. The highest BCUT2D eigenvalue weighted by Gasteiger charge is 2.36. The van der Waals surface area contributed by atoms with Crippen LogP contribution < -0.4 is 5.73 Å². The van der Waals surface area contributed by atoms with Crippen molar-refractivity contribution in [3.05, 3.63) is 21.9 Å². The van der Waals surface area contributed by atoms with Crippen molar-refractivity contribution >= 4 is 11.3 Å². The predicted molar refractivity (Wildman–Crippen MR) is 81.7 cm³/mol. The first-order valence-corrected chi connectivity index (χ1v) is 7.88. The van der Waals surface area contributed by atoms with E-state index in [0.29, 0.717) is 6.04 Å². The molecule has 0 spiro atoms. The number of likely N-dealkylation sites (tertiary alicyclic amines) is 1. The van der Waals surface area contributed by atoms with Gasteiger partial charge in [0.1, 0.15) is 0 Å². The molecule has 1 fully saturated rings. The fourth-order valence-corrected chi connectivity index (χ4v) is 4.16. The molecule has 0 radical (unpaired) electrons. The smallest absolute Gasteiger partial charge is 0.0777 e. The Morgan fingerprint density at radius 2 is 2.21 bits per heavy atom. The lowest BCUT2D eigenvalue weighted by Crippen LogP contribution is -2.51. The number of methoxy groups -OCH3 is 1. The van der Waals surface area contributed by atoms with E-state index >= 15 is 0 Å². The number of rotatable bonds is 4. The number of piperidine rings is 1. The summed E-state index contributed by atoms with van der Waals surface area (Å²) in [6.07, 6.45) is 2.31. The molecule has 19 heavy (non-hydrogen) atoms. The summed E-state index contributed by atoms with van der Waals surface area (Å²) in [5, 5.41) is 0. The van der Waals surface area contributed by atoms with E-state index in [1.54, 1.807) is 0 Å². The highest BCUT2D eigenvalue weighted by atomic mass is 32.1. The minimum atomic E-state index is -0.0301. The van der Waals surface area contributed by atoms with Crippen LogP contribution in [0.2, 0.25) is 0 Å². The molecular weight excluding hydrogens is 256 g/mol. The second-order valence-corrected chi connectivity index (χ2v) is 7.30. The SMILES string of the molecule is COC1(C)CCCN(C(c2ccc(C)s2)C(C)N)C1. The summed E-state index contributed by atoms with van der Waals surface area (Å²) in [6, 6.07) is 4.87. The van der Waals surface area contributed by atoms with E-state index in [1.165, 1.54) is 16.2 Å². The fraction of sp³-hybridized carbons (Fsp3) is 0.733. The number of thiophene rings is 1. The van der Waals surface area contributed by atoms with Gasteiger partial charge in [-0.05, 0) is 52.3 Å². The zero-order chi connectivity index (χ0) is 14.0. The van der Waals surface area contributed by atoms with Crippen LogP contribution in [0.25, 0.3) is 0 Å². The van der Waals surface area contributed by atoms with Gasteiger partial charge in [-0.2, -0.15) is 0 Å². The number of aryl methyl sites for hydroxylation is 1. The van der Waals surface area contributed by atoms with Gasteiger partial charge >= 0.3 is 0 Å². The van der Waals surface area contributed by atoms with Crippen LogP contribution in [0, 0.1) is 6.92 Å². The molecule has 4 heteroatoms. The second-order valence-electron chi connectivity index (χ2n) is 5.98. The summed E-state index contributed by atoms with van der Waals surface area (Å²) >= 11 is 1.86. The molecule has 2 heterocycles. The molecule has 3 nitrogen and oxygen atoms in total. The van der Waals surface area contributed by atoms with Gasteiger partial charge in [-0.1, -0.05) is 0 Å². The first kappa shape index (κ1) is 15.0. The average molecular weight is 282 g/mol. The number of hydrogen-bond acceptors (Lipinski definition) is 4. The normalized spacial score (nSPS) is 28.3. The maximum absolute atomic E-state index is 6.26. The first-order chi connectivity index (χ1) is 8.95. The van der Waals surface area contributed by atoms with Gasteiger partial charge in [0.25, 0.3) is 0 Å². The van der Waals surface area contributed by atoms with Gasteiger partial charge in [0.2, 0.25) is 0 Å². The maximum atomic E-state index is 6.26. The third kappa shape index (κ3) is 3.37. The van der Waals surface area contributed by atoms with Gasteiger partial charge in [-0.15, -0.1) is 11.3 Å². The van der Waals surface area contributed by atoms with Gasteiger partial charge < -0.3 is 10.5 Å². The van der Waals surface area contributed by atoms with Crippen molar-refractivity contribution in [2.24, 2.45) is 5.73 Å². The number of hydrogen-bond donors (Lipinski definition) is 1. The molecule has 0 bridgehead atoms. The van der Waals surface area contributed by atoms with Gasteiger partial charge in [-0.25, -0.2) is 0 Å². The second kappa shape index (κ2) is 5.92. The fourth-order valence-electron chi connectivity index (χ4n) is 3.03. The largest absolute Gasteiger partial charge is 0.377 e. The summed E-state index contributed by atoms with van der Waals surface area (Å²) in [4.78, 5) is 5.24. The molecule has 1 saturated heterocycles. The van der Waals surface area contributed by atoms with Crippen LogP contribution in [-0.2, 0) is 4.74 Å². The lowest BCUT2D eigenvalue weighted by Gasteiger charge is -2.44. The van der Waals surface area contributed by atoms with Gasteiger partial charge in [0.05, 0.1) is 11.6 Å². The molecule has 1 aliphatic rings. The molecule has 2 rings (SSSR count). The Morgan fingerprint density at radius 1 is 1.47 bits per heavy atom.